The van der Waals surface area contributed by atoms with Gasteiger partial charge in [-0.3, -0.25) is 9.78 Å². The van der Waals surface area contributed by atoms with Gasteiger partial charge in [0.15, 0.2) is 0 Å². The Bertz CT molecular complexity index is 629. The molecule has 0 saturated carbocycles. The number of anilines is 1. The normalized spacial score (nSPS) is 10.7. The zero-order chi connectivity index (χ0) is 15.4. The van der Waals surface area contributed by atoms with E-state index < -0.39 is 0 Å². The lowest BCUT2D eigenvalue weighted by atomic mass is 10.1. The molecular weight excluding hydrogens is 286 g/mol. The van der Waals surface area contributed by atoms with Crippen molar-refractivity contribution in [3.8, 4) is 0 Å². The maximum Gasteiger partial charge on any atom is 0.258 e. The van der Waals surface area contributed by atoms with Crippen molar-refractivity contribution in [2.24, 2.45) is 0 Å². The summed E-state index contributed by atoms with van der Waals surface area (Å²) < 4.78 is 0. The van der Waals surface area contributed by atoms with E-state index in [1.54, 1.807) is 23.4 Å². The van der Waals surface area contributed by atoms with Crippen molar-refractivity contribution in [1.82, 2.24) is 9.97 Å². The number of amides is 1. The third-order valence-electron chi connectivity index (χ3n) is 3.19. The van der Waals surface area contributed by atoms with Crippen LogP contribution in [0.4, 0.5) is 5.69 Å². The Morgan fingerprint density at radius 3 is 2.52 bits per heavy atom. The predicted molar refractivity (Wildman–Crippen MR) is 84.9 cm³/mol. The van der Waals surface area contributed by atoms with E-state index in [-0.39, 0.29) is 11.8 Å². The van der Waals surface area contributed by atoms with Gasteiger partial charge in [-0.05, 0) is 37.1 Å². The number of carbonyl (C=O) groups is 1. The highest BCUT2D eigenvalue weighted by molar-refractivity contribution is 6.29. The van der Waals surface area contributed by atoms with Gasteiger partial charge in [-0.15, -0.1) is 0 Å². The monoisotopic (exact) mass is 303 g/mol. The molecule has 21 heavy (non-hydrogen) atoms. The fraction of sp³-hybridized carbons (Fsp3) is 0.312. The topological polar surface area (TPSA) is 46.1 Å². The van der Waals surface area contributed by atoms with Crippen molar-refractivity contribution < 1.29 is 4.79 Å². The summed E-state index contributed by atoms with van der Waals surface area (Å²) in [6, 6.07) is 7.05. The molecule has 4 nitrogen and oxygen atoms in total. The van der Waals surface area contributed by atoms with Gasteiger partial charge < -0.3 is 4.90 Å². The lowest BCUT2D eigenvalue weighted by Gasteiger charge is -2.21. The van der Waals surface area contributed by atoms with Crippen molar-refractivity contribution in [3.05, 3.63) is 53.1 Å². The molecule has 2 aromatic rings. The van der Waals surface area contributed by atoms with Crippen LogP contribution in [0.3, 0.4) is 0 Å². The van der Waals surface area contributed by atoms with Gasteiger partial charge in [0.1, 0.15) is 5.15 Å². The maximum atomic E-state index is 12.7. The van der Waals surface area contributed by atoms with Crippen LogP contribution in [0.25, 0.3) is 0 Å². The first kappa shape index (κ1) is 15.4. The summed E-state index contributed by atoms with van der Waals surface area (Å²) in [6.07, 6.45) is 3.34. The van der Waals surface area contributed by atoms with Crippen LogP contribution in [0, 0.1) is 0 Å². The smallest absolute Gasteiger partial charge is 0.258 e. The second kappa shape index (κ2) is 6.68. The molecule has 0 spiro atoms. The molecule has 0 aliphatic rings. The number of rotatable bonds is 4. The highest BCUT2D eigenvalue weighted by Gasteiger charge is 2.18. The minimum atomic E-state index is -0.0881. The molecule has 0 aliphatic heterocycles. The minimum absolute atomic E-state index is 0.0881. The van der Waals surface area contributed by atoms with Gasteiger partial charge in [-0.1, -0.05) is 25.4 Å². The summed E-state index contributed by atoms with van der Waals surface area (Å²) >= 11 is 6.04. The fourth-order valence-electron chi connectivity index (χ4n) is 2.06. The van der Waals surface area contributed by atoms with Crippen molar-refractivity contribution in [2.45, 2.75) is 26.7 Å². The minimum Gasteiger partial charge on any atom is -0.309 e. The Kier molecular flexibility index (Phi) is 4.91. The van der Waals surface area contributed by atoms with Gasteiger partial charge in [0.05, 0.1) is 0 Å². The van der Waals surface area contributed by atoms with Crippen molar-refractivity contribution in [2.75, 3.05) is 11.4 Å². The van der Waals surface area contributed by atoms with Crippen LogP contribution in [0.1, 0.15) is 42.7 Å². The Morgan fingerprint density at radius 2 is 1.95 bits per heavy atom. The third-order valence-corrected chi connectivity index (χ3v) is 3.38. The van der Waals surface area contributed by atoms with Crippen molar-refractivity contribution in [3.63, 3.8) is 0 Å². The highest BCUT2D eigenvalue weighted by Crippen LogP contribution is 2.21. The number of pyridine rings is 2. The Balaban J connectivity index is 2.38. The summed E-state index contributed by atoms with van der Waals surface area (Å²) in [5.74, 6) is 0.126. The highest BCUT2D eigenvalue weighted by atomic mass is 35.5. The zero-order valence-electron chi connectivity index (χ0n) is 12.4. The van der Waals surface area contributed by atoms with Gasteiger partial charge in [-0.25, -0.2) is 4.98 Å². The molecule has 0 aliphatic carbocycles. The third kappa shape index (κ3) is 3.58. The van der Waals surface area contributed by atoms with Crippen LogP contribution in [0.5, 0.6) is 0 Å². The fourth-order valence-corrected chi connectivity index (χ4v) is 2.27. The number of hydrogen-bond donors (Lipinski definition) is 0. The van der Waals surface area contributed by atoms with E-state index in [9.17, 15) is 4.79 Å². The van der Waals surface area contributed by atoms with E-state index in [0.717, 1.165) is 11.4 Å². The second-order valence-corrected chi connectivity index (χ2v) is 5.40. The lowest BCUT2D eigenvalue weighted by Crippen LogP contribution is -2.30. The van der Waals surface area contributed by atoms with Gasteiger partial charge in [0.2, 0.25) is 0 Å². The molecule has 2 rings (SSSR count). The molecule has 1 amide bonds. The van der Waals surface area contributed by atoms with Crippen molar-refractivity contribution in [1.29, 1.82) is 0 Å². The molecule has 0 fully saturated rings. The number of hydrogen-bond acceptors (Lipinski definition) is 3. The molecule has 110 valence electrons. The molecule has 2 heterocycles. The molecule has 0 atom stereocenters. The number of aromatic nitrogens is 2. The summed E-state index contributed by atoms with van der Waals surface area (Å²) in [7, 11) is 0. The first-order valence-electron chi connectivity index (χ1n) is 6.92. The van der Waals surface area contributed by atoms with Crippen LogP contribution in [0.15, 0.2) is 36.7 Å². The molecule has 5 heteroatoms. The van der Waals surface area contributed by atoms with E-state index in [1.165, 1.54) is 0 Å². The van der Waals surface area contributed by atoms with Gasteiger partial charge in [0, 0.05) is 35.9 Å². The van der Waals surface area contributed by atoms with Crippen LogP contribution in [0.2, 0.25) is 5.15 Å². The van der Waals surface area contributed by atoms with E-state index in [4.69, 9.17) is 11.6 Å². The SMILES string of the molecule is CCN(C(=O)c1cc(Cl)nc(C(C)C)c1)c1ccncc1. The van der Waals surface area contributed by atoms with E-state index in [1.807, 2.05) is 39.0 Å². The zero-order valence-corrected chi connectivity index (χ0v) is 13.1. The average molecular weight is 304 g/mol. The van der Waals surface area contributed by atoms with E-state index >= 15 is 0 Å². The predicted octanol–water partition coefficient (Wildman–Crippen LogP) is 3.92. The van der Waals surface area contributed by atoms with Gasteiger partial charge in [-0.2, -0.15) is 0 Å². The molecule has 0 aromatic carbocycles. The van der Waals surface area contributed by atoms with Gasteiger partial charge in [0.25, 0.3) is 5.91 Å². The molecule has 0 bridgehead atoms. The maximum absolute atomic E-state index is 12.7. The summed E-state index contributed by atoms with van der Waals surface area (Å²) in [4.78, 5) is 22.6. The van der Waals surface area contributed by atoms with Crippen LogP contribution in [-0.2, 0) is 0 Å². The standard InChI is InChI=1S/C16H18ClN3O/c1-4-20(13-5-7-18-8-6-13)16(21)12-9-14(11(2)3)19-15(17)10-12/h5-11H,4H2,1-3H3. The number of nitrogens with zero attached hydrogens (tertiary/aromatic N) is 3. The Labute approximate surface area is 129 Å². The average Bonchev–Trinajstić information content (AvgIpc) is 2.48. The first-order valence-corrected chi connectivity index (χ1v) is 7.30. The summed E-state index contributed by atoms with van der Waals surface area (Å²) in [5, 5.41) is 0.343. The molecule has 2 aromatic heterocycles. The Hall–Kier alpha value is -1.94. The van der Waals surface area contributed by atoms with Gasteiger partial charge >= 0.3 is 0 Å². The number of halogens is 1. The van der Waals surface area contributed by atoms with Crippen LogP contribution < -0.4 is 4.90 Å². The van der Waals surface area contributed by atoms with Crippen molar-refractivity contribution >= 4 is 23.2 Å². The lowest BCUT2D eigenvalue weighted by molar-refractivity contribution is 0.0988. The quantitative estimate of drug-likeness (QED) is 0.804. The molecule has 0 unspecified atom stereocenters. The number of carbonyl (C=O) groups excluding carboxylic acids is 1. The van der Waals surface area contributed by atoms with E-state index in [0.29, 0.717) is 17.3 Å². The second-order valence-electron chi connectivity index (χ2n) is 5.01. The first-order chi connectivity index (χ1) is 10.0. The largest absolute Gasteiger partial charge is 0.309 e. The van der Waals surface area contributed by atoms with E-state index in [2.05, 4.69) is 9.97 Å². The van der Waals surface area contributed by atoms with Crippen LogP contribution in [-0.4, -0.2) is 22.4 Å². The summed E-state index contributed by atoms with van der Waals surface area (Å²) in [5.41, 5.74) is 2.19. The van der Waals surface area contributed by atoms with Crippen LogP contribution >= 0.6 is 11.6 Å². The summed E-state index contributed by atoms with van der Waals surface area (Å²) in [6.45, 7) is 6.55. The Morgan fingerprint density at radius 1 is 1.29 bits per heavy atom. The molecule has 0 saturated heterocycles. The molecular formula is C16H18ClN3O. The molecule has 0 radical (unpaired) electrons. The molecule has 0 N–H and O–H groups in total.